The van der Waals surface area contributed by atoms with E-state index in [-0.39, 0.29) is 10.8 Å². The number of aromatic nitrogens is 1. The molecule has 0 aliphatic rings. The molecule has 8 heteroatoms. The number of nitrogens with one attached hydrogen (secondary N) is 1. The number of nitrogens with zero attached hydrogens (tertiary/aromatic N) is 1. The van der Waals surface area contributed by atoms with Crippen LogP contribution in [-0.4, -0.2) is 18.0 Å². The Morgan fingerprint density at radius 1 is 1.62 bits per heavy atom. The Labute approximate surface area is 88.1 Å². The lowest BCUT2D eigenvalue weighted by atomic mass is 10.4. The second kappa shape index (κ2) is 3.79. The van der Waals surface area contributed by atoms with Crippen molar-refractivity contribution in [2.24, 2.45) is 0 Å². The molecule has 0 aliphatic heterocycles. The van der Waals surface area contributed by atoms with Gasteiger partial charge in [0.2, 0.25) is 0 Å². The molecule has 72 valence electrons. The van der Waals surface area contributed by atoms with Gasteiger partial charge in [-0.3, -0.25) is 9.27 Å². The molecule has 0 aliphatic carbocycles. The van der Waals surface area contributed by atoms with Crippen LogP contribution in [0.1, 0.15) is 0 Å². The first-order chi connectivity index (χ1) is 5.88. The molecule has 0 saturated carbocycles. The van der Waals surface area contributed by atoms with Gasteiger partial charge in [-0.15, -0.1) is 0 Å². The summed E-state index contributed by atoms with van der Waals surface area (Å²) in [5.41, 5.74) is 0.0125. The zero-order chi connectivity index (χ0) is 10.1. The highest BCUT2D eigenvalue weighted by atomic mass is 79.9. The molecular formula is C5H4BrClN2O3S. The molecule has 13 heavy (non-hydrogen) atoms. The van der Waals surface area contributed by atoms with Crippen molar-refractivity contribution < 1.29 is 13.0 Å². The molecule has 0 spiro atoms. The monoisotopic (exact) mass is 286 g/mol. The van der Waals surface area contributed by atoms with E-state index in [1.165, 1.54) is 12.3 Å². The van der Waals surface area contributed by atoms with Gasteiger partial charge in [-0.1, -0.05) is 11.6 Å². The van der Waals surface area contributed by atoms with Crippen molar-refractivity contribution in [2.75, 3.05) is 4.72 Å². The maximum Gasteiger partial charge on any atom is 0.357 e. The Hall–Kier alpha value is -0.370. The Bertz CT molecular complexity index is 422. The van der Waals surface area contributed by atoms with Gasteiger partial charge in [0.15, 0.2) is 5.15 Å². The maximum atomic E-state index is 10.4. The predicted octanol–water partition coefficient (Wildman–Crippen LogP) is 1.71. The fourth-order valence-corrected chi connectivity index (χ4v) is 1.60. The van der Waals surface area contributed by atoms with Gasteiger partial charge < -0.3 is 0 Å². The molecule has 0 bridgehead atoms. The number of hydrogen-bond acceptors (Lipinski definition) is 3. The summed E-state index contributed by atoms with van der Waals surface area (Å²) in [5, 5.41) is -0.0409. The summed E-state index contributed by atoms with van der Waals surface area (Å²) in [4.78, 5) is 3.64. The molecule has 0 unspecified atom stereocenters. The first kappa shape index (κ1) is 10.7. The van der Waals surface area contributed by atoms with Gasteiger partial charge in [-0.25, -0.2) is 4.98 Å². The zero-order valence-corrected chi connectivity index (χ0v) is 9.19. The molecule has 1 heterocycles. The summed E-state index contributed by atoms with van der Waals surface area (Å²) in [5.74, 6) is 0. The summed E-state index contributed by atoms with van der Waals surface area (Å²) in [6.45, 7) is 0. The highest BCUT2D eigenvalue weighted by Crippen LogP contribution is 2.23. The van der Waals surface area contributed by atoms with Gasteiger partial charge in [0.1, 0.15) is 0 Å². The van der Waals surface area contributed by atoms with E-state index in [9.17, 15) is 8.42 Å². The third-order valence-corrected chi connectivity index (χ3v) is 2.26. The van der Waals surface area contributed by atoms with E-state index in [0.29, 0.717) is 4.47 Å². The van der Waals surface area contributed by atoms with Crippen molar-refractivity contribution in [3.8, 4) is 0 Å². The fourth-order valence-electron chi connectivity index (χ4n) is 0.633. The molecule has 0 amide bonds. The van der Waals surface area contributed by atoms with Crippen LogP contribution in [-0.2, 0) is 10.3 Å². The summed E-state index contributed by atoms with van der Waals surface area (Å²) in [6, 6.07) is 1.38. The molecule has 2 N–H and O–H groups in total. The second-order valence-electron chi connectivity index (χ2n) is 2.07. The lowest BCUT2D eigenvalue weighted by Gasteiger charge is -2.03. The first-order valence-corrected chi connectivity index (χ1v) is 5.56. The Morgan fingerprint density at radius 2 is 2.23 bits per heavy atom. The van der Waals surface area contributed by atoms with Crippen molar-refractivity contribution >= 4 is 43.5 Å². The SMILES string of the molecule is O=S(=O)(O)Nc1cc(Br)cnc1Cl. The lowest BCUT2D eigenvalue weighted by Crippen LogP contribution is -2.11. The zero-order valence-electron chi connectivity index (χ0n) is 6.03. The van der Waals surface area contributed by atoms with E-state index in [1.807, 2.05) is 0 Å². The number of rotatable bonds is 2. The Kier molecular flexibility index (Phi) is 3.12. The van der Waals surface area contributed by atoms with Gasteiger partial charge in [-0.05, 0) is 22.0 Å². The molecule has 1 aromatic heterocycles. The summed E-state index contributed by atoms with van der Waals surface area (Å²) in [6.07, 6.45) is 1.40. The molecule has 0 atom stereocenters. The summed E-state index contributed by atoms with van der Waals surface area (Å²) >= 11 is 8.60. The molecular weight excluding hydrogens is 283 g/mol. The van der Waals surface area contributed by atoms with Gasteiger partial charge in [0.25, 0.3) is 0 Å². The molecule has 0 saturated heterocycles. The van der Waals surface area contributed by atoms with Gasteiger partial charge in [0.05, 0.1) is 5.69 Å². The van der Waals surface area contributed by atoms with Crippen LogP contribution in [0.5, 0.6) is 0 Å². The van der Waals surface area contributed by atoms with Crippen LogP contribution in [0.25, 0.3) is 0 Å². The van der Waals surface area contributed by atoms with E-state index in [2.05, 4.69) is 20.9 Å². The molecule has 0 fully saturated rings. The largest absolute Gasteiger partial charge is 0.357 e. The second-order valence-corrected chi connectivity index (χ2v) is 4.50. The minimum absolute atomic E-state index is 0.0125. The third kappa shape index (κ3) is 3.47. The number of halogens is 2. The van der Waals surface area contributed by atoms with Crippen molar-refractivity contribution in [2.45, 2.75) is 0 Å². The molecule has 1 rings (SSSR count). The molecule has 0 aromatic carbocycles. The summed E-state index contributed by atoms with van der Waals surface area (Å²) in [7, 11) is -4.31. The van der Waals surface area contributed by atoms with Gasteiger partial charge in [-0.2, -0.15) is 8.42 Å². The smallest absolute Gasteiger partial charge is 0.269 e. The normalized spacial score (nSPS) is 11.3. The van der Waals surface area contributed by atoms with E-state index in [0.717, 1.165) is 0 Å². The topological polar surface area (TPSA) is 79.3 Å². The van der Waals surface area contributed by atoms with Crippen LogP contribution in [0.4, 0.5) is 5.69 Å². The first-order valence-electron chi connectivity index (χ1n) is 2.95. The predicted molar refractivity (Wildman–Crippen MR) is 52.1 cm³/mol. The fraction of sp³-hybridized carbons (Fsp3) is 0. The van der Waals surface area contributed by atoms with Gasteiger partial charge in [0, 0.05) is 10.7 Å². The van der Waals surface area contributed by atoms with Crippen LogP contribution in [0, 0.1) is 0 Å². The van der Waals surface area contributed by atoms with Crippen molar-refractivity contribution in [3.63, 3.8) is 0 Å². The Morgan fingerprint density at radius 3 is 2.77 bits per heavy atom. The minimum atomic E-state index is -4.31. The number of pyridine rings is 1. The maximum absolute atomic E-state index is 10.4. The van der Waals surface area contributed by atoms with E-state index in [4.69, 9.17) is 16.2 Å². The van der Waals surface area contributed by atoms with Crippen LogP contribution >= 0.6 is 27.5 Å². The quantitative estimate of drug-likeness (QED) is 0.641. The third-order valence-electron chi connectivity index (χ3n) is 1.04. The van der Waals surface area contributed by atoms with Crippen molar-refractivity contribution in [3.05, 3.63) is 21.9 Å². The van der Waals surface area contributed by atoms with Gasteiger partial charge >= 0.3 is 10.3 Å². The number of hydrogen-bond donors (Lipinski definition) is 2. The van der Waals surface area contributed by atoms with E-state index < -0.39 is 10.3 Å². The van der Waals surface area contributed by atoms with Crippen LogP contribution < -0.4 is 4.72 Å². The summed E-state index contributed by atoms with van der Waals surface area (Å²) < 4.78 is 31.6. The van der Waals surface area contributed by atoms with E-state index in [1.54, 1.807) is 4.72 Å². The van der Waals surface area contributed by atoms with Crippen LogP contribution in [0.2, 0.25) is 5.15 Å². The van der Waals surface area contributed by atoms with Crippen LogP contribution in [0.15, 0.2) is 16.7 Å². The molecule has 5 nitrogen and oxygen atoms in total. The number of anilines is 1. The van der Waals surface area contributed by atoms with Crippen LogP contribution in [0.3, 0.4) is 0 Å². The standard InChI is InChI=1S/C5H4BrClN2O3S/c6-3-1-4(5(7)8-2-3)9-13(10,11)12/h1-2,9H,(H,10,11,12). The van der Waals surface area contributed by atoms with E-state index >= 15 is 0 Å². The highest BCUT2D eigenvalue weighted by Gasteiger charge is 2.08. The average molecular weight is 288 g/mol. The highest BCUT2D eigenvalue weighted by molar-refractivity contribution is 9.10. The lowest BCUT2D eigenvalue weighted by molar-refractivity contribution is 0.489. The van der Waals surface area contributed by atoms with Crippen molar-refractivity contribution in [1.82, 2.24) is 4.98 Å². The molecule has 0 radical (unpaired) electrons. The molecule has 1 aromatic rings. The Balaban J connectivity index is 3.08. The van der Waals surface area contributed by atoms with Crippen molar-refractivity contribution in [1.29, 1.82) is 0 Å². The minimum Gasteiger partial charge on any atom is -0.269 e. The average Bonchev–Trinajstić information content (AvgIpc) is 1.94.